The highest BCUT2D eigenvalue weighted by Crippen LogP contribution is 2.20. The maximum absolute atomic E-state index is 13.3. The smallest absolute Gasteiger partial charge is 0.254 e. The second kappa shape index (κ2) is 7.09. The van der Waals surface area contributed by atoms with E-state index in [0.717, 1.165) is 5.69 Å². The Morgan fingerprint density at radius 3 is 2.56 bits per heavy atom. The molecule has 1 aliphatic rings. The van der Waals surface area contributed by atoms with Gasteiger partial charge in [-0.2, -0.15) is 0 Å². The molecular weight excluding hydrogens is 323 g/mol. The third-order valence-corrected chi connectivity index (χ3v) is 4.58. The van der Waals surface area contributed by atoms with Gasteiger partial charge >= 0.3 is 0 Å². The Morgan fingerprint density at radius 1 is 1.20 bits per heavy atom. The van der Waals surface area contributed by atoms with Gasteiger partial charge in [-0.15, -0.1) is 0 Å². The third-order valence-electron chi connectivity index (χ3n) is 4.58. The van der Waals surface area contributed by atoms with Crippen LogP contribution >= 0.6 is 0 Å². The molecule has 0 unspecified atom stereocenters. The van der Waals surface area contributed by atoms with Crippen molar-refractivity contribution in [2.24, 2.45) is 7.05 Å². The van der Waals surface area contributed by atoms with Crippen molar-refractivity contribution in [2.75, 3.05) is 13.1 Å². The second-order valence-corrected chi connectivity index (χ2v) is 6.35. The lowest BCUT2D eigenvalue weighted by Gasteiger charge is -2.32. The molecule has 0 saturated carbocycles. The Hall–Kier alpha value is -2.63. The largest absolute Gasteiger partial charge is 0.490 e. The van der Waals surface area contributed by atoms with Crippen LogP contribution in [0.3, 0.4) is 0 Å². The van der Waals surface area contributed by atoms with Crippen molar-refractivity contribution in [3.8, 4) is 5.75 Å². The standard InChI is InChI=1S/C19H21FN2O3/c1-13-10-17(12-18(23)21(13)2)25-16-6-8-22(9-7-16)19(24)14-4-3-5-15(20)11-14/h3-5,10-12,16H,6-9H2,1-2H3. The number of carbonyl (C=O) groups is 1. The van der Waals surface area contributed by atoms with E-state index in [9.17, 15) is 14.0 Å². The highest BCUT2D eigenvalue weighted by molar-refractivity contribution is 5.94. The van der Waals surface area contributed by atoms with Gasteiger partial charge in [0, 0.05) is 50.3 Å². The Kier molecular flexibility index (Phi) is 4.88. The highest BCUT2D eigenvalue weighted by Gasteiger charge is 2.25. The van der Waals surface area contributed by atoms with Gasteiger partial charge in [0.05, 0.1) is 0 Å². The highest BCUT2D eigenvalue weighted by atomic mass is 19.1. The number of ether oxygens (including phenoxy) is 1. The summed E-state index contributed by atoms with van der Waals surface area (Å²) < 4.78 is 20.8. The van der Waals surface area contributed by atoms with Gasteiger partial charge in [-0.25, -0.2) is 4.39 Å². The first kappa shape index (κ1) is 17.2. The molecule has 3 rings (SSSR count). The maximum Gasteiger partial charge on any atom is 0.254 e. The van der Waals surface area contributed by atoms with Gasteiger partial charge in [0.2, 0.25) is 0 Å². The first-order chi connectivity index (χ1) is 11.9. The van der Waals surface area contributed by atoms with Crippen LogP contribution in [0.5, 0.6) is 5.75 Å². The molecule has 1 aromatic carbocycles. The summed E-state index contributed by atoms with van der Waals surface area (Å²) in [7, 11) is 1.72. The van der Waals surface area contributed by atoms with Crippen molar-refractivity contribution in [1.29, 1.82) is 0 Å². The number of hydrogen-bond acceptors (Lipinski definition) is 3. The molecule has 2 aromatic rings. The summed E-state index contributed by atoms with van der Waals surface area (Å²) >= 11 is 0. The van der Waals surface area contributed by atoms with Crippen LogP contribution in [0.1, 0.15) is 28.9 Å². The molecule has 1 fully saturated rings. The Balaban J connectivity index is 1.60. The average Bonchev–Trinajstić information content (AvgIpc) is 2.59. The second-order valence-electron chi connectivity index (χ2n) is 6.35. The summed E-state index contributed by atoms with van der Waals surface area (Å²) in [6.45, 7) is 2.95. The predicted octanol–water partition coefficient (Wildman–Crippen LogP) is 2.52. The van der Waals surface area contributed by atoms with Crippen LogP contribution in [0.25, 0.3) is 0 Å². The third kappa shape index (κ3) is 3.90. The number of amides is 1. The number of nitrogens with zero attached hydrogens (tertiary/aromatic N) is 2. The summed E-state index contributed by atoms with van der Waals surface area (Å²) in [6.07, 6.45) is 1.31. The zero-order chi connectivity index (χ0) is 18.0. The van der Waals surface area contributed by atoms with Crippen molar-refractivity contribution < 1.29 is 13.9 Å². The maximum atomic E-state index is 13.3. The van der Waals surface area contributed by atoms with Gasteiger partial charge < -0.3 is 14.2 Å². The predicted molar refractivity (Wildman–Crippen MR) is 92.4 cm³/mol. The number of aryl methyl sites for hydroxylation is 1. The summed E-state index contributed by atoms with van der Waals surface area (Å²) in [4.78, 5) is 26.0. The lowest BCUT2D eigenvalue weighted by Crippen LogP contribution is -2.41. The van der Waals surface area contributed by atoms with Crippen LogP contribution in [0, 0.1) is 12.7 Å². The molecule has 0 atom stereocenters. The van der Waals surface area contributed by atoms with E-state index >= 15 is 0 Å². The quantitative estimate of drug-likeness (QED) is 0.860. The van der Waals surface area contributed by atoms with Crippen LogP contribution in [-0.2, 0) is 7.05 Å². The number of rotatable bonds is 3. The molecule has 0 aliphatic carbocycles. The minimum atomic E-state index is -0.412. The molecule has 1 aliphatic heterocycles. The van der Waals surface area contributed by atoms with E-state index in [4.69, 9.17) is 4.74 Å². The van der Waals surface area contributed by atoms with Crippen molar-refractivity contribution in [2.45, 2.75) is 25.9 Å². The Morgan fingerprint density at radius 2 is 1.92 bits per heavy atom. The molecule has 6 heteroatoms. The van der Waals surface area contributed by atoms with E-state index in [1.807, 2.05) is 13.0 Å². The van der Waals surface area contributed by atoms with E-state index in [-0.39, 0.29) is 17.6 Å². The van der Waals surface area contributed by atoms with E-state index in [2.05, 4.69) is 0 Å². The number of halogens is 1. The summed E-state index contributed by atoms with van der Waals surface area (Å²) in [5, 5.41) is 0. The van der Waals surface area contributed by atoms with Gasteiger partial charge in [0.25, 0.3) is 11.5 Å². The van der Waals surface area contributed by atoms with E-state index in [1.54, 1.807) is 22.6 Å². The lowest BCUT2D eigenvalue weighted by molar-refractivity contribution is 0.0594. The minimum Gasteiger partial charge on any atom is -0.490 e. The van der Waals surface area contributed by atoms with Crippen molar-refractivity contribution in [3.63, 3.8) is 0 Å². The van der Waals surface area contributed by atoms with E-state index < -0.39 is 5.82 Å². The van der Waals surface area contributed by atoms with Crippen LogP contribution in [0.4, 0.5) is 4.39 Å². The first-order valence-electron chi connectivity index (χ1n) is 8.33. The summed E-state index contributed by atoms with van der Waals surface area (Å²) in [5.74, 6) is -0.0111. The molecule has 0 spiro atoms. The number of benzene rings is 1. The van der Waals surface area contributed by atoms with E-state index in [1.165, 1.54) is 24.3 Å². The number of pyridine rings is 1. The SMILES string of the molecule is Cc1cc(OC2CCN(C(=O)c3cccc(F)c3)CC2)cc(=O)n1C. The monoisotopic (exact) mass is 344 g/mol. The number of hydrogen-bond donors (Lipinski definition) is 0. The Labute approximate surface area is 145 Å². The van der Waals surface area contributed by atoms with Gasteiger partial charge in [0.1, 0.15) is 17.7 Å². The van der Waals surface area contributed by atoms with Gasteiger partial charge in [-0.1, -0.05) is 6.07 Å². The number of likely N-dealkylation sites (tertiary alicyclic amines) is 1. The number of piperidine rings is 1. The Bertz CT molecular complexity index is 839. The molecule has 1 saturated heterocycles. The fourth-order valence-electron chi connectivity index (χ4n) is 2.98. The van der Waals surface area contributed by atoms with Gasteiger partial charge in [-0.05, 0) is 31.2 Å². The fourth-order valence-corrected chi connectivity index (χ4v) is 2.98. The van der Waals surface area contributed by atoms with Crippen molar-refractivity contribution in [1.82, 2.24) is 9.47 Å². The lowest BCUT2D eigenvalue weighted by atomic mass is 10.1. The average molecular weight is 344 g/mol. The molecule has 0 N–H and O–H groups in total. The molecule has 5 nitrogen and oxygen atoms in total. The zero-order valence-electron chi connectivity index (χ0n) is 14.4. The summed E-state index contributed by atoms with van der Waals surface area (Å²) in [6, 6.07) is 9.06. The number of carbonyl (C=O) groups excluding carboxylic acids is 1. The fraction of sp³-hybridized carbons (Fsp3) is 0.368. The molecule has 2 heterocycles. The zero-order valence-corrected chi connectivity index (χ0v) is 14.4. The van der Waals surface area contributed by atoms with Gasteiger partial charge in [0.15, 0.2) is 0 Å². The van der Waals surface area contributed by atoms with Crippen molar-refractivity contribution in [3.05, 3.63) is 63.8 Å². The molecule has 132 valence electrons. The molecule has 1 aromatic heterocycles. The molecular formula is C19H21FN2O3. The van der Waals surface area contributed by atoms with Crippen LogP contribution in [0.2, 0.25) is 0 Å². The topological polar surface area (TPSA) is 51.5 Å². The number of aromatic nitrogens is 1. The molecule has 25 heavy (non-hydrogen) atoms. The summed E-state index contributed by atoms with van der Waals surface area (Å²) in [5.41, 5.74) is 1.09. The molecule has 0 bridgehead atoms. The van der Waals surface area contributed by atoms with Crippen LogP contribution < -0.4 is 10.3 Å². The van der Waals surface area contributed by atoms with Gasteiger partial charge in [-0.3, -0.25) is 9.59 Å². The minimum absolute atomic E-state index is 0.0388. The van der Waals surface area contributed by atoms with Crippen LogP contribution in [-0.4, -0.2) is 34.6 Å². The van der Waals surface area contributed by atoms with Crippen LogP contribution in [0.15, 0.2) is 41.2 Å². The van der Waals surface area contributed by atoms with Crippen molar-refractivity contribution >= 4 is 5.91 Å². The molecule has 1 amide bonds. The molecule has 0 radical (unpaired) electrons. The first-order valence-corrected chi connectivity index (χ1v) is 8.33. The van der Waals surface area contributed by atoms with E-state index in [0.29, 0.717) is 37.2 Å². The normalized spacial score (nSPS) is 15.2.